The first-order chi connectivity index (χ1) is 16.7. The molecule has 0 bridgehead atoms. The standard InChI is InChI=1S/C33H27N/c1-3-26-20-23-33(31-17-11-10-16-30(26)31)34(29-21-18-25(2)19-22-29)24-32(27-12-6-4-7-13-27)28-14-8-5-9-15-28/h3-24H,1H2,2H3. The van der Waals surface area contributed by atoms with Crippen molar-refractivity contribution in [2.75, 3.05) is 4.90 Å². The van der Waals surface area contributed by atoms with E-state index in [0.29, 0.717) is 0 Å². The summed E-state index contributed by atoms with van der Waals surface area (Å²) in [6.07, 6.45) is 4.20. The average Bonchev–Trinajstić information content (AvgIpc) is 2.91. The molecule has 0 unspecified atom stereocenters. The summed E-state index contributed by atoms with van der Waals surface area (Å²) in [5.74, 6) is 0. The number of aryl methyl sites for hydroxylation is 1. The van der Waals surface area contributed by atoms with E-state index in [1.165, 1.54) is 33.0 Å². The third-order valence-corrected chi connectivity index (χ3v) is 6.15. The zero-order valence-electron chi connectivity index (χ0n) is 19.4. The van der Waals surface area contributed by atoms with Crippen molar-refractivity contribution in [3.05, 3.63) is 156 Å². The molecular formula is C33H27N. The lowest BCUT2D eigenvalue weighted by atomic mass is 9.97. The Labute approximate surface area is 201 Å². The molecule has 5 rings (SSSR count). The molecule has 0 saturated heterocycles. The summed E-state index contributed by atoms with van der Waals surface area (Å²) in [5, 5.41) is 2.39. The van der Waals surface area contributed by atoms with Crippen LogP contribution in [0.25, 0.3) is 22.4 Å². The lowest BCUT2D eigenvalue weighted by Crippen LogP contribution is -2.11. The van der Waals surface area contributed by atoms with E-state index in [0.717, 1.165) is 16.9 Å². The van der Waals surface area contributed by atoms with Crippen LogP contribution in [-0.4, -0.2) is 0 Å². The Morgan fingerprint density at radius 1 is 0.618 bits per heavy atom. The normalized spacial score (nSPS) is 10.6. The van der Waals surface area contributed by atoms with Gasteiger partial charge in [0.1, 0.15) is 0 Å². The van der Waals surface area contributed by atoms with Crippen molar-refractivity contribution >= 4 is 33.8 Å². The van der Waals surface area contributed by atoms with E-state index in [9.17, 15) is 0 Å². The SMILES string of the molecule is C=Cc1ccc(N(C=C(c2ccccc2)c2ccccc2)c2ccc(C)cc2)c2ccccc12. The topological polar surface area (TPSA) is 3.24 Å². The maximum Gasteiger partial charge on any atom is 0.0534 e. The fourth-order valence-corrected chi connectivity index (χ4v) is 4.36. The molecular weight excluding hydrogens is 410 g/mol. The minimum Gasteiger partial charge on any atom is -0.316 e. The number of hydrogen-bond donors (Lipinski definition) is 0. The van der Waals surface area contributed by atoms with Gasteiger partial charge < -0.3 is 4.90 Å². The molecule has 0 fully saturated rings. The van der Waals surface area contributed by atoms with Crippen LogP contribution in [0.2, 0.25) is 0 Å². The second-order valence-electron chi connectivity index (χ2n) is 8.40. The molecule has 164 valence electrons. The van der Waals surface area contributed by atoms with Crippen LogP contribution in [-0.2, 0) is 0 Å². The van der Waals surface area contributed by atoms with Crippen LogP contribution in [0, 0.1) is 6.92 Å². The first-order valence-corrected chi connectivity index (χ1v) is 11.6. The Balaban J connectivity index is 1.79. The van der Waals surface area contributed by atoms with E-state index < -0.39 is 0 Å². The smallest absolute Gasteiger partial charge is 0.0534 e. The Bertz CT molecular complexity index is 1400. The Kier molecular flexibility index (Phi) is 6.09. The van der Waals surface area contributed by atoms with E-state index in [1.807, 2.05) is 6.08 Å². The molecule has 1 nitrogen and oxygen atoms in total. The van der Waals surface area contributed by atoms with Crippen LogP contribution >= 0.6 is 0 Å². The molecule has 5 aromatic rings. The van der Waals surface area contributed by atoms with Crippen LogP contribution in [0.15, 0.2) is 134 Å². The summed E-state index contributed by atoms with van der Waals surface area (Å²) in [6, 6.07) is 42.8. The zero-order chi connectivity index (χ0) is 23.3. The maximum absolute atomic E-state index is 4.03. The van der Waals surface area contributed by atoms with Crippen LogP contribution in [0.5, 0.6) is 0 Å². The van der Waals surface area contributed by atoms with Crippen molar-refractivity contribution in [3.8, 4) is 0 Å². The predicted molar refractivity (Wildman–Crippen MR) is 147 cm³/mol. The summed E-state index contributed by atoms with van der Waals surface area (Å²) in [5.41, 5.74) is 8.15. The second kappa shape index (κ2) is 9.64. The van der Waals surface area contributed by atoms with Gasteiger partial charge in [-0.1, -0.05) is 121 Å². The van der Waals surface area contributed by atoms with Gasteiger partial charge in [0.2, 0.25) is 0 Å². The van der Waals surface area contributed by atoms with E-state index in [-0.39, 0.29) is 0 Å². The van der Waals surface area contributed by atoms with Gasteiger partial charge in [0.05, 0.1) is 5.69 Å². The fraction of sp³-hybridized carbons (Fsp3) is 0.0303. The molecule has 0 aliphatic rings. The van der Waals surface area contributed by atoms with Crippen LogP contribution in [0.4, 0.5) is 11.4 Å². The number of hydrogen-bond acceptors (Lipinski definition) is 1. The summed E-state index contributed by atoms with van der Waals surface area (Å²) in [6.45, 7) is 6.15. The largest absolute Gasteiger partial charge is 0.316 e. The molecule has 0 aliphatic heterocycles. The van der Waals surface area contributed by atoms with Gasteiger partial charge in [-0.15, -0.1) is 0 Å². The molecule has 0 radical (unpaired) electrons. The van der Waals surface area contributed by atoms with Crippen molar-refractivity contribution in [2.45, 2.75) is 6.92 Å². The molecule has 0 spiro atoms. The lowest BCUT2D eigenvalue weighted by Gasteiger charge is -2.25. The monoisotopic (exact) mass is 437 g/mol. The van der Waals surface area contributed by atoms with Crippen molar-refractivity contribution in [2.24, 2.45) is 0 Å². The van der Waals surface area contributed by atoms with Crippen molar-refractivity contribution < 1.29 is 0 Å². The van der Waals surface area contributed by atoms with Gasteiger partial charge in [0, 0.05) is 22.8 Å². The third kappa shape index (κ3) is 4.29. The Morgan fingerprint density at radius 2 is 1.18 bits per heavy atom. The van der Waals surface area contributed by atoms with Gasteiger partial charge >= 0.3 is 0 Å². The van der Waals surface area contributed by atoms with Crippen molar-refractivity contribution in [3.63, 3.8) is 0 Å². The highest BCUT2D eigenvalue weighted by molar-refractivity contribution is 6.01. The van der Waals surface area contributed by atoms with Gasteiger partial charge in [-0.3, -0.25) is 0 Å². The average molecular weight is 438 g/mol. The van der Waals surface area contributed by atoms with E-state index in [2.05, 4.69) is 146 Å². The molecule has 0 N–H and O–H groups in total. The first-order valence-electron chi connectivity index (χ1n) is 11.6. The fourth-order valence-electron chi connectivity index (χ4n) is 4.36. The highest BCUT2D eigenvalue weighted by Gasteiger charge is 2.15. The van der Waals surface area contributed by atoms with Crippen molar-refractivity contribution in [1.29, 1.82) is 0 Å². The molecule has 0 aliphatic carbocycles. The second-order valence-corrected chi connectivity index (χ2v) is 8.40. The maximum atomic E-state index is 4.03. The Morgan fingerprint density at radius 3 is 1.76 bits per heavy atom. The highest BCUT2D eigenvalue weighted by Crippen LogP contribution is 2.37. The number of rotatable bonds is 6. The lowest BCUT2D eigenvalue weighted by molar-refractivity contribution is 1.28. The minimum atomic E-state index is 1.12. The van der Waals surface area contributed by atoms with Gasteiger partial charge in [-0.25, -0.2) is 0 Å². The summed E-state index contributed by atoms with van der Waals surface area (Å²) in [7, 11) is 0. The van der Waals surface area contributed by atoms with Gasteiger partial charge in [-0.2, -0.15) is 0 Å². The molecule has 0 atom stereocenters. The quantitative estimate of drug-likeness (QED) is 0.256. The van der Waals surface area contributed by atoms with E-state index >= 15 is 0 Å². The summed E-state index contributed by atoms with van der Waals surface area (Å²) in [4.78, 5) is 2.31. The van der Waals surface area contributed by atoms with Gasteiger partial charge in [0.15, 0.2) is 0 Å². The molecule has 34 heavy (non-hydrogen) atoms. The number of anilines is 2. The molecule has 0 aromatic heterocycles. The first kappa shape index (κ1) is 21.5. The van der Waals surface area contributed by atoms with E-state index in [4.69, 9.17) is 0 Å². The molecule has 0 amide bonds. The van der Waals surface area contributed by atoms with Crippen LogP contribution in [0.3, 0.4) is 0 Å². The molecule has 1 heteroatoms. The number of nitrogens with zero attached hydrogens (tertiary/aromatic N) is 1. The minimum absolute atomic E-state index is 1.12. The predicted octanol–water partition coefficient (Wildman–Crippen LogP) is 9.02. The van der Waals surface area contributed by atoms with E-state index in [1.54, 1.807) is 0 Å². The number of benzene rings is 5. The van der Waals surface area contributed by atoms with Crippen LogP contribution < -0.4 is 4.90 Å². The Hall–Kier alpha value is -4.36. The van der Waals surface area contributed by atoms with Crippen LogP contribution in [0.1, 0.15) is 22.3 Å². The van der Waals surface area contributed by atoms with Crippen molar-refractivity contribution in [1.82, 2.24) is 0 Å². The molecule has 0 saturated carbocycles. The van der Waals surface area contributed by atoms with Gasteiger partial charge in [0.25, 0.3) is 0 Å². The summed E-state index contributed by atoms with van der Waals surface area (Å²) < 4.78 is 0. The molecule has 5 aromatic carbocycles. The van der Waals surface area contributed by atoms with Gasteiger partial charge in [-0.05, 0) is 47.2 Å². The highest BCUT2D eigenvalue weighted by atomic mass is 15.1. The zero-order valence-corrected chi connectivity index (χ0v) is 19.4. The third-order valence-electron chi connectivity index (χ3n) is 6.15. The number of fused-ring (bicyclic) bond motifs is 1. The molecule has 0 heterocycles. The summed E-state index contributed by atoms with van der Waals surface area (Å²) >= 11 is 0.